The van der Waals surface area contributed by atoms with Crippen molar-refractivity contribution >= 4 is 5.97 Å². The quantitative estimate of drug-likeness (QED) is 0.286. The van der Waals surface area contributed by atoms with E-state index >= 15 is 0 Å². The molecule has 33 heavy (non-hydrogen) atoms. The Hall–Kier alpha value is -1.71. The molecule has 0 saturated carbocycles. The summed E-state index contributed by atoms with van der Waals surface area (Å²) in [5.41, 5.74) is 4.72. The highest BCUT2D eigenvalue weighted by molar-refractivity contribution is 5.66. The first kappa shape index (κ1) is 27.5. The van der Waals surface area contributed by atoms with Crippen LogP contribution in [0.5, 0.6) is 11.5 Å². The van der Waals surface area contributed by atoms with Crippen molar-refractivity contribution in [3.05, 3.63) is 22.3 Å². The maximum Gasteiger partial charge on any atom is 0.303 e. The minimum absolute atomic E-state index is 0.0898. The van der Waals surface area contributed by atoms with Crippen LogP contribution in [0.3, 0.4) is 0 Å². The van der Waals surface area contributed by atoms with Crippen molar-refractivity contribution in [1.82, 2.24) is 0 Å². The van der Waals surface area contributed by atoms with Gasteiger partial charge in [-0.05, 0) is 94.7 Å². The number of unbranched alkanes of at least 4 members (excludes halogenated alkanes) is 1. The number of hydrogen-bond donors (Lipinski definition) is 1. The van der Waals surface area contributed by atoms with E-state index in [9.17, 15) is 4.79 Å². The number of fused-ring (bicyclic) bond motifs is 1. The van der Waals surface area contributed by atoms with Gasteiger partial charge in [-0.2, -0.15) is 0 Å². The lowest BCUT2D eigenvalue weighted by atomic mass is 9.84. The van der Waals surface area contributed by atoms with Crippen molar-refractivity contribution in [2.45, 2.75) is 125 Å². The zero-order valence-corrected chi connectivity index (χ0v) is 22.3. The monoisotopic (exact) mass is 460 g/mol. The third kappa shape index (κ3) is 8.22. The standard InChI is InChI=1S/C29H48O4/c1-20(2)12-10-13-21(3)14-11-17-29(7)18-16-25-24(6)27(22(4)23(5)28(25)33-29)32-19-9-8-15-26(30)31/h20-21H,8-19H2,1-7H3,(H,30,31)/t21?,29-/m0/s1. The molecule has 0 saturated heterocycles. The number of aliphatic carboxylic acids is 1. The van der Waals surface area contributed by atoms with E-state index in [1.165, 1.54) is 48.8 Å². The number of hydrogen-bond acceptors (Lipinski definition) is 3. The van der Waals surface area contributed by atoms with E-state index in [1.807, 2.05) is 0 Å². The maximum absolute atomic E-state index is 10.7. The molecule has 0 aromatic heterocycles. The number of carboxylic acids is 1. The summed E-state index contributed by atoms with van der Waals surface area (Å²) < 4.78 is 12.8. The van der Waals surface area contributed by atoms with E-state index in [4.69, 9.17) is 14.6 Å². The molecule has 1 aromatic rings. The SMILES string of the molecule is Cc1c(C)c2c(c(C)c1OCCCCC(=O)O)CC[C@](C)(CCCC(C)CCCC(C)C)O2. The zero-order valence-electron chi connectivity index (χ0n) is 22.3. The summed E-state index contributed by atoms with van der Waals surface area (Å²) in [5.74, 6) is 2.90. The van der Waals surface area contributed by atoms with Gasteiger partial charge in [0.25, 0.3) is 0 Å². The molecule has 0 radical (unpaired) electrons. The predicted octanol–water partition coefficient (Wildman–Crippen LogP) is 7.96. The number of rotatable bonds is 14. The molecular weight excluding hydrogens is 412 g/mol. The molecular formula is C29H48O4. The number of carbonyl (C=O) groups is 1. The van der Waals surface area contributed by atoms with Crippen LogP contribution in [0.1, 0.15) is 114 Å². The van der Waals surface area contributed by atoms with Gasteiger partial charge < -0.3 is 14.6 Å². The van der Waals surface area contributed by atoms with Crippen LogP contribution in [0.4, 0.5) is 0 Å². The Bertz CT molecular complexity index is 783. The average Bonchev–Trinajstić information content (AvgIpc) is 2.73. The van der Waals surface area contributed by atoms with Crippen molar-refractivity contribution in [2.24, 2.45) is 11.8 Å². The minimum atomic E-state index is -0.743. The van der Waals surface area contributed by atoms with Crippen LogP contribution in [0.2, 0.25) is 0 Å². The number of carboxylic acid groups (broad SMARTS) is 1. The van der Waals surface area contributed by atoms with Crippen LogP contribution in [0.15, 0.2) is 0 Å². The maximum atomic E-state index is 10.7. The first-order valence-electron chi connectivity index (χ1n) is 13.2. The first-order chi connectivity index (χ1) is 15.5. The van der Waals surface area contributed by atoms with Gasteiger partial charge in [0, 0.05) is 12.0 Å². The number of benzene rings is 1. The second-order valence-electron chi connectivity index (χ2n) is 11.1. The normalized spacial score (nSPS) is 18.7. The molecule has 1 aliphatic rings. The fourth-order valence-corrected chi connectivity index (χ4v) is 5.07. The van der Waals surface area contributed by atoms with Crippen LogP contribution in [-0.4, -0.2) is 23.3 Å². The first-order valence-corrected chi connectivity index (χ1v) is 13.2. The van der Waals surface area contributed by atoms with E-state index in [1.54, 1.807) is 0 Å². The van der Waals surface area contributed by atoms with Gasteiger partial charge in [-0.1, -0.05) is 46.5 Å². The summed E-state index contributed by atoms with van der Waals surface area (Å²) in [6.45, 7) is 16.3. The topological polar surface area (TPSA) is 55.8 Å². The summed E-state index contributed by atoms with van der Waals surface area (Å²) in [7, 11) is 0. The largest absolute Gasteiger partial charge is 0.493 e. The number of ether oxygens (including phenoxy) is 2. The molecule has 0 amide bonds. The van der Waals surface area contributed by atoms with E-state index in [0.29, 0.717) is 13.0 Å². The van der Waals surface area contributed by atoms with Gasteiger partial charge in [-0.15, -0.1) is 0 Å². The molecule has 1 aromatic carbocycles. The molecule has 2 rings (SSSR count). The summed E-state index contributed by atoms with van der Waals surface area (Å²) in [4.78, 5) is 10.7. The summed E-state index contributed by atoms with van der Waals surface area (Å²) in [5, 5.41) is 8.81. The molecule has 1 N–H and O–H groups in total. The van der Waals surface area contributed by atoms with Crippen molar-refractivity contribution in [2.75, 3.05) is 6.61 Å². The van der Waals surface area contributed by atoms with Gasteiger partial charge in [0.15, 0.2) is 0 Å². The fourth-order valence-electron chi connectivity index (χ4n) is 5.07. The smallest absolute Gasteiger partial charge is 0.303 e. The minimum Gasteiger partial charge on any atom is -0.493 e. The van der Waals surface area contributed by atoms with Gasteiger partial charge >= 0.3 is 5.97 Å². The van der Waals surface area contributed by atoms with Crippen LogP contribution < -0.4 is 9.47 Å². The Morgan fingerprint density at radius 2 is 1.70 bits per heavy atom. The van der Waals surface area contributed by atoms with Crippen LogP contribution in [0.25, 0.3) is 0 Å². The molecule has 0 fully saturated rings. The van der Waals surface area contributed by atoms with Gasteiger partial charge in [-0.3, -0.25) is 4.79 Å². The summed E-state index contributed by atoms with van der Waals surface area (Å²) in [6.07, 6.45) is 11.3. The zero-order chi connectivity index (χ0) is 24.6. The van der Waals surface area contributed by atoms with Crippen molar-refractivity contribution in [1.29, 1.82) is 0 Å². The van der Waals surface area contributed by atoms with Crippen molar-refractivity contribution in [3.8, 4) is 11.5 Å². The van der Waals surface area contributed by atoms with Crippen molar-refractivity contribution < 1.29 is 19.4 Å². The summed E-state index contributed by atoms with van der Waals surface area (Å²) >= 11 is 0. The van der Waals surface area contributed by atoms with E-state index in [0.717, 1.165) is 54.6 Å². The molecule has 2 atom stereocenters. The Kier molecular flexibility index (Phi) is 10.6. The third-order valence-electron chi connectivity index (χ3n) is 7.48. The molecule has 0 aliphatic carbocycles. The second kappa shape index (κ2) is 12.7. The van der Waals surface area contributed by atoms with Crippen LogP contribution in [0, 0.1) is 32.6 Å². The predicted molar refractivity (Wildman–Crippen MR) is 137 cm³/mol. The molecule has 1 unspecified atom stereocenters. The molecule has 0 bridgehead atoms. The molecule has 0 spiro atoms. The highest BCUT2D eigenvalue weighted by Gasteiger charge is 2.34. The van der Waals surface area contributed by atoms with Gasteiger partial charge in [0.1, 0.15) is 17.1 Å². The average molecular weight is 461 g/mol. The molecule has 188 valence electrons. The third-order valence-corrected chi connectivity index (χ3v) is 7.48. The van der Waals surface area contributed by atoms with E-state index < -0.39 is 5.97 Å². The van der Waals surface area contributed by atoms with E-state index in [-0.39, 0.29) is 12.0 Å². The van der Waals surface area contributed by atoms with Crippen LogP contribution in [-0.2, 0) is 11.2 Å². The molecule has 1 aliphatic heterocycles. The fraction of sp³-hybridized carbons (Fsp3) is 0.759. The Morgan fingerprint density at radius 3 is 2.36 bits per heavy atom. The Morgan fingerprint density at radius 1 is 1.00 bits per heavy atom. The van der Waals surface area contributed by atoms with E-state index in [2.05, 4.69) is 48.5 Å². The van der Waals surface area contributed by atoms with Gasteiger partial charge in [0.2, 0.25) is 0 Å². The molecule has 4 heteroatoms. The Balaban J connectivity index is 1.95. The second-order valence-corrected chi connectivity index (χ2v) is 11.1. The van der Waals surface area contributed by atoms with Gasteiger partial charge in [0.05, 0.1) is 6.61 Å². The molecule has 4 nitrogen and oxygen atoms in total. The molecule has 1 heterocycles. The lowest BCUT2D eigenvalue weighted by Gasteiger charge is -2.38. The van der Waals surface area contributed by atoms with Gasteiger partial charge in [-0.25, -0.2) is 0 Å². The summed E-state index contributed by atoms with van der Waals surface area (Å²) in [6, 6.07) is 0. The highest BCUT2D eigenvalue weighted by atomic mass is 16.5. The highest BCUT2D eigenvalue weighted by Crippen LogP contribution is 2.45. The van der Waals surface area contributed by atoms with Crippen LogP contribution >= 0.6 is 0 Å². The van der Waals surface area contributed by atoms with Crippen molar-refractivity contribution in [3.63, 3.8) is 0 Å². The lowest BCUT2D eigenvalue weighted by molar-refractivity contribution is -0.137. The lowest BCUT2D eigenvalue weighted by Crippen LogP contribution is -2.37. The Labute approximate surface area is 202 Å².